The highest BCUT2D eigenvalue weighted by atomic mass is 19.4. The number of ether oxygens (including phenoxy) is 1. The van der Waals surface area contributed by atoms with Crippen LogP contribution in [-0.2, 0) is 6.42 Å². The third kappa shape index (κ3) is 7.76. The zero-order chi connectivity index (χ0) is 26.1. The van der Waals surface area contributed by atoms with Crippen molar-refractivity contribution in [2.24, 2.45) is 0 Å². The molecule has 0 aliphatic heterocycles. The van der Waals surface area contributed by atoms with Crippen molar-refractivity contribution in [2.45, 2.75) is 89.1 Å². The van der Waals surface area contributed by atoms with Crippen LogP contribution >= 0.6 is 0 Å². The van der Waals surface area contributed by atoms with E-state index in [1.165, 1.54) is 50.7 Å². The quantitative estimate of drug-likeness (QED) is 0.189. The van der Waals surface area contributed by atoms with E-state index in [0.29, 0.717) is 5.56 Å². The zero-order valence-electron chi connectivity index (χ0n) is 19.2. The molecule has 1 unspecified atom stereocenters. The second kappa shape index (κ2) is 12.5. The van der Waals surface area contributed by atoms with Crippen LogP contribution in [0.2, 0.25) is 0 Å². The van der Waals surface area contributed by atoms with Crippen LogP contribution in [0, 0.1) is 0 Å². The molecule has 0 amide bonds. The van der Waals surface area contributed by atoms with Crippen molar-refractivity contribution in [3.63, 3.8) is 0 Å². The van der Waals surface area contributed by atoms with Crippen LogP contribution in [0.5, 0.6) is 5.75 Å². The van der Waals surface area contributed by atoms with Crippen LogP contribution < -0.4 is 4.74 Å². The van der Waals surface area contributed by atoms with Crippen LogP contribution in [-0.4, -0.2) is 34.3 Å². The maximum absolute atomic E-state index is 13.6. The predicted molar refractivity (Wildman–Crippen MR) is 115 cm³/mol. The maximum Gasteiger partial charge on any atom is 0.460 e. The second-order valence-electron chi connectivity index (χ2n) is 8.29. The Bertz CT molecular complexity index is 886. The number of alkyl halides is 8. The van der Waals surface area contributed by atoms with Crippen molar-refractivity contribution in [2.75, 3.05) is 0 Å². The molecule has 2 rings (SSSR count). The van der Waals surface area contributed by atoms with Crippen molar-refractivity contribution in [3.8, 4) is 17.1 Å². The largest absolute Gasteiger partial charge is 0.460 e. The summed E-state index contributed by atoms with van der Waals surface area (Å²) < 4.78 is 107. The standard InChI is InChI=1S/C24H28F8N2O/c1-2-3-4-5-6-7-8-9-10-17-15-33-20(34-16-17)18-11-13-19(14-12-18)35-21(25)22(26,27)23(28,29)24(30,31)32/h11-16,21H,2-10H2,1H3. The number of hydrogen-bond acceptors (Lipinski definition) is 3. The van der Waals surface area contributed by atoms with E-state index in [1.54, 1.807) is 12.4 Å². The number of nitrogens with zero attached hydrogens (tertiary/aromatic N) is 2. The van der Waals surface area contributed by atoms with Gasteiger partial charge < -0.3 is 4.74 Å². The van der Waals surface area contributed by atoms with Gasteiger partial charge in [0, 0.05) is 18.0 Å². The van der Waals surface area contributed by atoms with Gasteiger partial charge in [-0.2, -0.15) is 35.1 Å². The number of rotatable bonds is 14. The van der Waals surface area contributed by atoms with Crippen LogP contribution in [0.3, 0.4) is 0 Å². The molecule has 2 aromatic rings. The Labute approximate surface area is 198 Å². The van der Waals surface area contributed by atoms with E-state index in [1.807, 2.05) is 0 Å². The van der Waals surface area contributed by atoms with Crippen molar-refractivity contribution >= 4 is 0 Å². The number of unbranched alkanes of at least 4 members (excludes halogenated alkanes) is 7. The molecular formula is C24H28F8N2O. The van der Waals surface area contributed by atoms with E-state index >= 15 is 0 Å². The van der Waals surface area contributed by atoms with Crippen molar-refractivity contribution in [1.29, 1.82) is 0 Å². The normalized spacial score (nSPS) is 13.6. The molecule has 0 bridgehead atoms. The Kier molecular flexibility index (Phi) is 10.3. The lowest BCUT2D eigenvalue weighted by Gasteiger charge is -2.30. The van der Waals surface area contributed by atoms with Gasteiger partial charge in [-0.05, 0) is 42.7 Å². The van der Waals surface area contributed by atoms with Gasteiger partial charge in [0.2, 0.25) is 0 Å². The monoisotopic (exact) mass is 512 g/mol. The number of aromatic nitrogens is 2. The lowest BCUT2D eigenvalue weighted by Crippen LogP contribution is -2.58. The zero-order valence-corrected chi connectivity index (χ0v) is 19.2. The molecule has 1 heterocycles. The Morgan fingerprint density at radius 3 is 1.80 bits per heavy atom. The molecule has 11 heteroatoms. The van der Waals surface area contributed by atoms with Crippen LogP contribution in [0.4, 0.5) is 35.1 Å². The summed E-state index contributed by atoms with van der Waals surface area (Å²) in [5.74, 6) is -13.1. The summed E-state index contributed by atoms with van der Waals surface area (Å²) in [6.07, 6.45) is 2.76. The SMILES string of the molecule is CCCCCCCCCCc1cnc(-c2ccc(OC(F)C(F)(F)C(F)(F)C(F)(F)F)cc2)nc1. The minimum absolute atomic E-state index is 0.266. The molecule has 0 aliphatic carbocycles. The second-order valence-corrected chi connectivity index (χ2v) is 8.29. The molecule has 35 heavy (non-hydrogen) atoms. The minimum atomic E-state index is -6.65. The van der Waals surface area contributed by atoms with Gasteiger partial charge in [-0.25, -0.2) is 9.97 Å². The fraction of sp³-hybridized carbons (Fsp3) is 0.583. The Morgan fingerprint density at radius 2 is 1.29 bits per heavy atom. The van der Waals surface area contributed by atoms with Gasteiger partial charge in [0.1, 0.15) is 5.75 Å². The first-order valence-corrected chi connectivity index (χ1v) is 11.4. The lowest BCUT2D eigenvalue weighted by molar-refractivity contribution is -0.379. The summed E-state index contributed by atoms with van der Waals surface area (Å²) in [4.78, 5) is 8.43. The summed E-state index contributed by atoms with van der Waals surface area (Å²) in [6, 6.07) is 4.38. The Balaban J connectivity index is 1.88. The van der Waals surface area contributed by atoms with Crippen molar-refractivity contribution in [3.05, 3.63) is 42.2 Å². The van der Waals surface area contributed by atoms with Gasteiger partial charge in [-0.1, -0.05) is 51.9 Å². The van der Waals surface area contributed by atoms with Crippen molar-refractivity contribution in [1.82, 2.24) is 9.97 Å². The van der Waals surface area contributed by atoms with Gasteiger partial charge in [0.05, 0.1) is 0 Å². The van der Waals surface area contributed by atoms with E-state index < -0.39 is 30.1 Å². The number of halogens is 8. The highest BCUT2D eigenvalue weighted by molar-refractivity contribution is 5.55. The minimum Gasteiger partial charge on any atom is -0.454 e. The lowest BCUT2D eigenvalue weighted by atomic mass is 10.1. The Hall–Kier alpha value is -2.46. The summed E-state index contributed by atoms with van der Waals surface area (Å²) in [5, 5.41) is 0. The van der Waals surface area contributed by atoms with Gasteiger partial charge in [-0.3, -0.25) is 0 Å². The van der Waals surface area contributed by atoms with E-state index in [-0.39, 0.29) is 5.82 Å². The first-order chi connectivity index (χ1) is 16.4. The highest BCUT2D eigenvalue weighted by Crippen LogP contribution is 2.49. The van der Waals surface area contributed by atoms with Gasteiger partial charge in [0.15, 0.2) is 5.82 Å². The van der Waals surface area contributed by atoms with Crippen LogP contribution in [0.1, 0.15) is 63.9 Å². The fourth-order valence-corrected chi connectivity index (χ4v) is 3.30. The first kappa shape index (κ1) is 28.8. The summed E-state index contributed by atoms with van der Waals surface area (Å²) in [5.41, 5.74) is 1.33. The van der Waals surface area contributed by atoms with E-state index in [9.17, 15) is 35.1 Å². The fourth-order valence-electron chi connectivity index (χ4n) is 3.30. The van der Waals surface area contributed by atoms with Crippen LogP contribution in [0.15, 0.2) is 36.7 Å². The van der Waals surface area contributed by atoms with Gasteiger partial charge in [0.25, 0.3) is 0 Å². The Morgan fingerprint density at radius 1 is 0.771 bits per heavy atom. The molecule has 0 spiro atoms. The highest BCUT2D eigenvalue weighted by Gasteiger charge is 2.77. The third-order valence-electron chi connectivity index (χ3n) is 5.44. The third-order valence-corrected chi connectivity index (χ3v) is 5.44. The molecule has 0 N–H and O–H groups in total. The molecule has 1 aromatic carbocycles. The average Bonchev–Trinajstić information content (AvgIpc) is 2.81. The molecule has 0 aliphatic rings. The molecule has 0 saturated heterocycles. The number of hydrogen-bond donors (Lipinski definition) is 0. The number of benzene rings is 1. The molecule has 1 atom stereocenters. The molecule has 3 nitrogen and oxygen atoms in total. The predicted octanol–water partition coefficient (Wildman–Crippen LogP) is 8.33. The number of aryl methyl sites for hydroxylation is 1. The topological polar surface area (TPSA) is 35.0 Å². The van der Waals surface area contributed by atoms with E-state index in [0.717, 1.165) is 37.0 Å². The molecular weight excluding hydrogens is 484 g/mol. The van der Waals surface area contributed by atoms with Gasteiger partial charge >= 0.3 is 24.4 Å². The van der Waals surface area contributed by atoms with Crippen molar-refractivity contribution < 1.29 is 39.9 Å². The molecule has 196 valence electrons. The average molecular weight is 512 g/mol. The smallest absolute Gasteiger partial charge is 0.454 e. The summed E-state index contributed by atoms with van der Waals surface area (Å²) in [7, 11) is 0. The first-order valence-electron chi connectivity index (χ1n) is 11.4. The van der Waals surface area contributed by atoms with E-state index in [2.05, 4.69) is 21.6 Å². The molecule has 1 aromatic heterocycles. The molecule has 0 saturated carbocycles. The van der Waals surface area contributed by atoms with Gasteiger partial charge in [-0.15, -0.1) is 0 Å². The van der Waals surface area contributed by atoms with Crippen LogP contribution in [0.25, 0.3) is 11.4 Å². The molecule has 0 radical (unpaired) electrons. The van der Waals surface area contributed by atoms with E-state index in [4.69, 9.17) is 0 Å². The maximum atomic E-state index is 13.6. The molecule has 0 fully saturated rings. The summed E-state index contributed by atoms with van der Waals surface area (Å²) in [6.45, 7) is 2.18. The summed E-state index contributed by atoms with van der Waals surface area (Å²) >= 11 is 0.